The Morgan fingerprint density at radius 1 is 1.04 bits per heavy atom. The summed E-state index contributed by atoms with van der Waals surface area (Å²) in [7, 11) is 1.32. The predicted molar refractivity (Wildman–Crippen MR) is 108 cm³/mol. The zero-order valence-electron chi connectivity index (χ0n) is 16.4. The normalized spacial score (nSPS) is 11.9. The molecule has 0 N–H and O–H groups in total. The first-order valence-corrected chi connectivity index (χ1v) is 9.36. The molecule has 0 heterocycles. The van der Waals surface area contributed by atoms with Crippen LogP contribution in [0.4, 0.5) is 0 Å². The number of methoxy groups -OCH3 is 1. The molecule has 0 aliphatic heterocycles. The third kappa shape index (κ3) is 6.67. The van der Waals surface area contributed by atoms with Crippen LogP contribution in [0.25, 0.3) is 0 Å². The van der Waals surface area contributed by atoms with E-state index in [-0.39, 0.29) is 18.5 Å². The van der Waals surface area contributed by atoms with Crippen molar-refractivity contribution in [2.45, 2.75) is 26.0 Å². The average molecular weight is 381 g/mol. The molecule has 2 aromatic carbocycles. The van der Waals surface area contributed by atoms with Gasteiger partial charge in [0.05, 0.1) is 26.4 Å². The second kappa shape index (κ2) is 11.7. The molecule has 2 rings (SSSR count). The van der Waals surface area contributed by atoms with E-state index in [4.69, 9.17) is 9.47 Å². The van der Waals surface area contributed by atoms with Gasteiger partial charge >= 0.3 is 5.97 Å². The van der Waals surface area contributed by atoms with Crippen molar-refractivity contribution in [3.8, 4) is 0 Å². The van der Waals surface area contributed by atoms with Gasteiger partial charge in [-0.3, -0.25) is 9.59 Å². The largest absolute Gasteiger partial charge is 0.468 e. The molecule has 5 heteroatoms. The Kier molecular flexibility index (Phi) is 8.95. The fourth-order valence-electron chi connectivity index (χ4n) is 2.92. The van der Waals surface area contributed by atoms with Crippen LogP contribution in [0.5, 0.6) is 0 Å². The maximum absolute atomic E-state index is 12.8. The number of benzene rings is 2. The average Bonchev–Trinajstić information content (AvgIpc) is 2.74. The number of esters is 1. The summed E-state index contributed by atoms with van der Waals surface area (Å²) < 4.78 is 10.3. The van der Waals surface area contributed by atoms with E-state index in [0.29, 0.717) is 19.6 Å². The summed E-state index contributed by atoms with van der Waals surface area (Å²) in [6.45, 7) is 2.68. The van der Waals surface area contributed by atoms with E-state index < -0.39 is 5.97 Å². The molecule has 0 aromatic heterocycles. The van der Waals surface area contributed by atoms with E-state index in [9.17, 15) is 9.59 Å². The molecule has 1 amide bonds. The van der Waals surface area contributed by atoms with Gasteiger partial charge in [0.2, 0.25) is 5.91 Å². The molecule has 0 fully saturated rings. The number of carbonyl (C=O) groups excluding carboxylic acids is 2. The van der Waals surface area contributed by atoms with E-state index in [1.54, 1.807) is 6.08 Å². The highest BCUT2D eigenvalue weighted by atomic mass is 16.5. The smallest absolute Gasteiger partial charge is 0.325 e. The fraction of sp³-hybridized carbons (Fsp3) is 0.304. The third-order valence-corrected chi connectivity index (χ3v) is 4.34. The van der Waals surface area contributed by atoms with Gasteiger partial charge in [-0.15, -0.1) is 0 Å². The first-order valence-electron chi connectivity index (χ1n) is 9.36. The van der Waals surface area contributed by atoms with Gasteiger partial charge in [-0.2, -0.15) is 0 Å². The number of ether oxygens (including phenoxy) is 2. The summed E-state index contributed by atoms with van der Waals surface area (Å²) >= 11 is 0. The third-order valence-electron chi connectivity index (χ3n) is 4.34. The maximum Gasteiger partial charge on any atom is 0.325 e. The Bertz CT molecular complexity index is 759. The van der Waals surface area contributed by atoms with Gasteiger partial charge in [-0.1, -0.05) is 73.7 Å². The van der Waals surface area contributed by atoms with Gasteiger partial charge in [0.15, 0.2) is 0 Å². The lowest BCUT2D eigenvalue weighted by Crippen LogP contribution is -2.38. The monoisotopic (exact) mass is 381 g/mol. The SMILES string of the molecule is CCC(c1ccccc1)N(CC(=O)OC)C(=O)C=CCOCc1ccccc1. The first kappa shape index (κ1) is 21.4. The molecule has 2 aromatic rings. The summed E-state index contributed by atoms with van der Waals surface area (Å²) in [6.07, 6.45) is 3.82. The highest BCUT2D eigenvalue weighted by Crippen LogP contribution is 2.24. The molecular formula is C23H27NO4. The predicted octanol–water partition coefficient (Wildman–Crippen LogP) is 3.91. The summed E-state index contributed by atoms with van der Waals surface area (Å²) in [6, 6.07) is 19.3. The lowest BCUT2D eigenvalue weighted by Gasteiger charge is -2.29. The molecule has 0 aliphatic rings. The molecule has 0 radical (unpaired) electrons. The van der Waals surface area contributed by atoms with Crippen molar-refractivity contribution in [1.29, 1.82) is 0 Å². The minimum absolute atomic E-state index is 0.0993. The Balaban J connectivity index is 2.00. The molecule has 0 aliphatic carbocycles. The van der Waals surface area contributed by atoms with E-state index in [1.165, 1.54) is 18.1 Å². The van der Waals surface area contributed by atoms with Crippen molar-refractivity contribution in [3.63, 3.8) is 0 Å². The zero-order valence-corrected chi connectivity index (χ0v) is 16.4. The van der Waals surface area contributed by atoms with Crippen LogP contribution in [0.1, 0.15) is 30.5 Å². The summed E-state index contributed by atoms with van der Waals surface area (Å²) in [5.41, 5.74) is 2.06. The molecule has 148 valence electrons. The molecule has 0 bridgehead atoms. The van der Waals surface area contributed by atoms with E-state index in [0.717, 1.165) is 11.1 Å². The molecule has 1 atom stereocenters. The Morgan fingerprint density at radius 2 is 1.68 bits per heavy atom. The number of carbonyl (C=O) groups is 2. The van der Waals surface area contributed by atoms with Crippen molar-refractivity contribution in [2.75, 3.05) is 20.3 Å². The molecule has 5 nitrogen and oxygen atoms in total. The highest BCUT2D eigenvalue weighted by molar-refractivity contribution is 5.90. The molecule has 0 saturated heterocycles. The van der Waals surface area contributed by atoms with Crippen LogP contribution in [0.15, 0.2) is 72.8 Å². The van der Waals surface area contributed by atoms with Crippen LogP contribution < -0.4 is 0 Å². The van der Waals surface area contributed by atoms with Gasteiger partial charge in [-0.25, -0.2) is 0 Å². The van der Waals surface area contributed by atoms with Gasteiger partial charge in [0, 0.05) is 6.08 Å². The van der Waals surface area contributed by atoms with E-state index in [1.807, 2.05) is 67.6 Å². The van der Waals surface area contributed by atoms with Crippen molar-refractivity contribution in [2.24, 2.45) is 0 Å². The Hall–Kier alpha value is -2.92. The maximum atomic E-state index is 12.8. The molecular weight excluding hydrogens is 354 g/mol. The summed E-state index contributed by atoms with van der Waals surface area (Å²) in [4.78, 5) is 26.2. The van der Waals surface area contributed by atoms with Crippen LogP contribution in [-0.4, -0.2) is 37.0 Å². The fourth-order valence-corrected chi connectivity index (χ4v) is 2.92. The highest BCUT2D eigenvalue weighted by Gasteiger charge is 2.24. The minimum Gasteiger partial charge on any atom is -0.468 e. The second-order valence-corrected chi connectivity index (χ2v) is 6.28. The number of hydrogen-bond donors (Lipinski definition) is 0. The quantitative estimate of drug-likeness (QED) is 0.356. The first-order chi connectivity index (χ1) is 13.7. The van der Waals surface area contributed by atoms with Crippen molar-refractivity contribution >= 4 is 11.9 Å². The van der Waals surface area contributed by atoms with Gasteiger partial charge < -0.3 is 14.4 Å². The van der Waals surface area contributed by atoms with Gasteiger partial charge in [0.1, 0.15) is 6.54 Å². The summed E-state index contributed by atoms with van der Waals surface area (Å²) in [5, 5.41) is 0. The van der Waals surface area contributed by atoms with Crippen molar-refractivity contribution in [1.82, 2.24) is 4.90 Å². The Morgan fingerprint density at radius 3 is 2.29 bits per heavy atom. The molecule has 28 heavy (non-hydrogen) atoms. The topological polar surface area (TPSA) is 55.8 Å². The van der Waals surface area contributed by atoms with Crippen LogP contribution in [0.3, 0.4) is 0 Å². The van der Waals surface area contributed by atoms with Crippen LogP contribution in [0, 0.1) is 0 Å². The van der Waals surface area contributed by atoms with Crippen LogP contribution in [-0.2, 0) is 25.7 Å². The zero-order chi connectivity index (χ0) is 20.2. The van der Waals surface area contributed by atoms with E-state index >= 15 is 0 Å². The molecule has 0 spiro atoms. The molecule has 0 saturated carbocycles. The van der Waals surface area contributed by atoms with Crippen molar-refractivity contribution < 1.29 is 19.1 Å². The van der Waals surface area contributed by atoms with E-state index in [2.05, 4.69) is 0 Å². The number of nitrogens with zero attached hydrogens (tertiary/aromatic N) is 1. The minimum atomic E-state index is -0.448. The lowest BCUT2D eigenvalue weighted by molar-refractivity contribution is -0.147. The lowest BCUT2D eigenvalue weighted by atomic mass is 10.0. The van der Waals surface area contributed by atoms with Crippen molar-refractivity contribution in [3.05, 3.63) is 83.9 Å². The van der Waals surface area contributed by atoms with Crippen LogP contribution >= 0.6 is 0 Å². The second-order valence-electron chi connectivity index (χ2n) is 6.28. The Labute approximate surface area is 166 Å². The number of amides is 1. The standard InChI is InChI=1S/C23H27NO4/c1-3-21(20-13-8-5-9-14-20)24(17-23(26)27-2)22(25)15-10-16-28-18-19-11-6-4-7-12-19/h4-15,21H,3,16-18H2,1-2H3. The van der Waals surface area contributed by atoms with Gasteiger partial charge in [0.25, 0.3) is 0 Å². The number of rotatable bonds is 10. The van der Waals surface area contributed by atoms with Gasteiger partial charge in [-0.05, 0) is 17.5 Å². The summed E-state index contributed by atoms with van der Waals surface area (Å²) in [5.74, 6) is -0.694. The molecule has 1 unspecified atom stereocenters. The van der Waals surface area contributed by atoms with Crippen LogP contribution in [0.2, 0.25) is 0 Å². The number of hydrogen-bond acceptors (Lipinski definition) is 4.